The number of ether oxygens (including phenoxy) is 1. The Hall–Kier alpha value is -1.88. The van der Waals surface area contributed by atoms with Crippen LogP contribution in [0.4, 0.5) is 0 Å². The number of nitrogens with zero attached hydrogens (tertiary/aromatic N) is 2. The van der Waals surface area contributed by atoms with Gasteiger partial charge in [0.05, 0.1) is 0 Å². The Kier molecular flexibility index (Phi) is 4.74. The first-order chi connectivity index (χ1) is 9.54. The van der Waals surface area contributed by atoms with E-state index in [4.69, 9.17) is 20.9 Å². The van der Waals surface area contributed by atoms with Gasteiger partial charge in [-0.1, -0.05) is 28.9 Å². The van der Waals surface area contributed by atoms with Crippen LogP contribution in [0.15, 0.2) is 28.8 Å². The van der Waals surface area contributed by atoms with E-state index in [0.29, 0.717) is 23.2 Å². The summed E-state index contributed by atoms with van der Waals surface area (Å²) in [5, 5.41) is 4.31. The van der Waals surface area contributed by atoms with Gasteiger partial charge in [-0.2, -0.15) is 4.98 Å². The van der Waals surface area contributed by atoms with Gasteiger partial charge in [-0.15, -0.1) is 0 Å². The minimum absolute atomic E-state index is 0.276. The van der Waals surface area contributed by atoms with Crippen LogP contribution in [-0.4, -0.2) is 16.1 Å². The summed E-state index contributed by atoms with van der Waals surface area (Å²) in [6.07, 6.45) is 0.315. The van der Waals surface area contributed by atoms with Gasteiger partial charge in [-0.05, 0) is 38.0 Å². The monoisotopic (exact) mass is 294 g/mol. The fourth-order valence-corrected chi connectivity index (χ4v) is 1.94. The summed E-state index contributed by atoms with van der Waals surface area (Å²) < 4.78 is 10.2. The number of esters is 1. The van der Waals surface area contributed by atoms with E-state index in [-0.39, 0.29) is 12.4 Å². The molecule has 0 aliphatic carbocycles. The van der Waals surface area contributed by atoms with Gasteiger partial charge in [0.25, 0.3) is 5.89 Å². The average molecular weight is 295 g/mol. The number of hydrogen-bond acceptors (Lipinski definition) is 5. The van der Waals surface area contributed by atoms with Crippen molar-refractivity contribution in [2.75, 3.05) is 0 Å². The van der Waals surface area contributed by atoms with E-state index in [1.807, 2.05) is 18.2 Å². The Labute approximate surface area is 121 Å². The summed E-state index contributed by atoms with van der Waals surface area (Å²) in [6, 6.07) is 7.40. The molecule has 0 fully saturated rings. The van der Waals surface area contributed by atoms with Crippen molar-refractivity contribution in [1.29, 1.82) is 0 Å². The molecule has 5 nitrogen and oxygen atoms in total. The molecule has 1 atom stereocenters. The molecule has 6 heteroatoms. The lowest BCUT2D eigenvalue weighted by atomic mass is 10.1. The maximum Gasteiger partial charge on any atom is 0.306 e. The number of halogens is 1. The van der Waals surface area contributed by atoms with Gasteiger partial charge >= 0.3 is 5.97 Å². The van der Waals surface area contributed by atoms with Crippen LogP contribution in [0.5, 0.6) is 0 Å². The zero-order valence-electron chi connectivity index (χ0n) is 11.3. The van der Waals surface area contributed by atoms with Gasteiger partial charge in [0.2, 0.25) is 0 Å². The zero-order chi connectivity index (χ0) is 14.5. The van der Waals surface area contributed by atoms with E-state index >= 15 is 0 Å². The number of benzene rings is 1. The Morgan fingerprint density at radius 3 is 2.95 bits per heavy atom. The maximum absolute atomic E-state index is 11.7. The van der Waals surface area contributed by atoms with Crippen molar-refractivity contribution in [1.82, 2.24) is 10.1 Å². The molecule has 0 radical (unpaired) electrons. The molecule has 1 aromatic carbocycles. The summed E-state index contributed by atoms with van der Waals surface area (Å²) in [5.41, 5.74) is 0.996. The number of aryl methyl sites for hydroxylation is 2. The van der Waals surface area contributed by atoms with Crippen molar-refractivity contribution in [3.63, 3.8) is 0 Å². The van der Waals surface area contributed by atoms with Crippen LogP contribution in [0.2, 0.25) is 5.02 Å². The van der Waals surface area contributed by atoms with E-state index < -0.39 is 6.10 Å². The molecule has 0 bridgehead atoms. The highest BCUT2D eigenvalue weighted by Crippen LogP contribution is 2.16. The van der Waals surface area contributed by atoms with Gasteiger partial charge < -0.3 is 9.26 Å². The number of carbonyl (C=O) groups excluding carboxylic acids is 1. The summed E-state index contributed by atoms with van der Waals surface area (Å²) >= 11 is 5.88. The largest absolute Gasteiger partial charge is 0.453 e. The van der Waals surface area contributed by atoms with Crippen LogP contribution in [0.25, 0.3) is 0 Å². The third-order valence-corrected chi connectivity index (χ3v) is 2.94. The fourth-order valence-electron chi connectivity index (χ4n) is 1.72. The highest BCUT2D eigenvalue weighted by Gasteiger charge is 2.17. The van der Waals surface area contributed by atoms with E-state index in [1.54, 1.807) is 19.9 Å². The van der Waals surface area contributed by atoms with Crippen molar-refractivity contribution in [3.05, 3.63) is 46.6 Å². The molecule has 1 heterocycles. The molecule has 0 saturated heterocycles. The summed E-state index contributed by atoms with van der Waals surface area (Å²) in [5.74, 6) is 0.508. The van der Waals surface area contributed by atoms with Gasteiger partial charge in [0.1, 0.15) is 0 Å². The first-order valence-corrected chi connectivity index (χ1v) is 6.66. The molecular weight excluding hydrogens is 280 g/mol. The molecule has 2 aromatic rings. The number of aromatic nitrogens is 2. The molecule has 106 valence electrons. The summed E-state index contributed by atoms with van der Waals surface area (Å²) in [4.78, 5) is 15.8. The first-order valence-electron chi connectivity index (χ1n) is 6.28. The van der Waals surface area contributed by atoms with Crippen LogP contribution in [-0.2, 0) is 16.0 Å². The smallest absolute Gasteiger partial charge is 0.306 e. The number of carbonyl (C=O) groups is 1. The third-order valence-electron chi connectivity index (χ3n) is 2.71. The molecule has 0 aliphatic heterocycles. The van der Waals surface area contributed by atoms with Gasteiger partial charge in [-0.25, -0.2) is 0 Å². The highest BCUT2D eigenvalue weighted by molar-refractivity contribution is 6.30. The van der Waals surface area contributed by atoms with Crippen molar-refractivity contribution in [3.8, 4) is 0 Å². The van der Waals surface area contributed by atoms with E-state index in [1.165, 1.54) is 0 Å². The molecule has 2 rings (SSSR count). The lowest BCUT2D eigenvalue weighted by Gasteiger charge is -2.09. The van der Waals surface area contributed by atoms with Crippen molar-refractivity contribution in [2.45, 2.75) is 32.8 Å². The lowest BCUT2D eigenvalue weighted by Crippen LogP contribution is -2.10. The molecule has 0 spiro atoms. The van der Waals surface area contributed by atoms with Gasteiger partial charge in [-0.3, -0.25) is 4.79 Å². The lowest BCUT2D eigenvalue weighted by molar-refractivity contribution is -0.149. The van der Waals surface area contributed by atoms with E-state index in [9.17, 15) is 4.79 Å². The summed E-state index contributed by atoms with van der Waals surface area (Å²) in [6.45, 7) is 3.41. The molecule has 0 unspecified atom stereocenters. The molecule has 1 aromatic heterocycles. The Morgan fingerprint density at radius 1 is 1.50 bits per heavy atom. The topological polar surface area (TPSA) is 65.2 Å². The molecular formula is C14H15ClN2O3. The number of hydrogen-bond donors (Lipinski definition) is 0. The standard InChI is InChI=1S/C14H15ClN2O3/c1-9(14-16-10(2)17-20-14)19-13(18)7-6-11-4-3-5-12(15)8-11/h3-5,8-9H,6-7H2,1-2H3/t9-/m1/s1. The minimum atomic E-state index is -0.539. The fraction of sp³-hybridized carbons (Fsp3) is 0.357. The molecule has 20 heavy (non-hydrogen) atoms. The van der Waals surface area contributed by atoms with Crippen LogP contribution in [0.1, 0.15) is 36.7 Å². The third kappa shape index (κ3) is 4.06. The molecule has 0 amide bonds. The van der Waals surface area contributed by atoms with Gasteiger partial charge in [0, 0.05) is 11.4 Å². The van der Waals surface area contributed by atoms with E-state index in [2.05, 4.69) is 10.1 Å². The second kappa shape index (κ2) is 6.52. The molecule has 0 aliphatic rings. The predicted octanol–water partition coefficient (Wildman–Crippen LogP) is 3.27. The van der Waals surface area contributed by atoms with Crippen molar-refractivity contribution < 1.29 is 14.1 Å². The van der Waals surface area contributed by atoms with Crippen LogP contribution < -0.4 is 0 Å². The van der Waals surface area contributed by atoms with E-state index in [0.717, 1.165) is 5.56 Å². The van der Waals surface area contributed by atoms with Crippen molar-refractivity contribution >= 4 is 17.6 Å². The zero-order valence-corrected chi connectivity index (χ0v) is 12.1. The van der Waals surface area contributed by atoms with Crippen LogP contribution >= 0.6 is 11.6 Å². The van der Waals surface area contributed by atoms with Crippen LogP contribution in [0, 0.1) is 6.92 Å². The Balaban J connectivity index is 1.83. The predicted molar refractivity (Wildman–Crippen MR) is 73.3 cm³/mol. The SMILES string of the molecule is Cc1noc([C@@H](C)OC(=O)CCc2cccc(Cl)c2)n1. The second-order valence-corrected chi connectivity index (χ2v) is 4.88. The quantitative estimate of drug-likeness (QED) is 0.792. The Morgan fingerprint density at radius 2 is 2.30 bits per heavy atom. The maximum atomic E-state index is 11.7. The first kappa shape index (κ1) is 14.5. The molecule has 0 N–H and O–H groups in total. The summed E-state index contributed by atoms with van der Waals surface area (Å²) in [7, 11) is 0. The minimum Gasteiger partial charge on any atom is -0.453 e. The molecule has 0 saturated carbocycles. The van der Waals surface area contributed by atoms with Crippen LogP contribution in [0.3, 0.4) is 0 Å². The van der Waals surface area contributed by atoms with Crippen molar-refractivity contribution in [2.24, 2.45) is 0 Å². The Bertz CT molecular complexity index is 598. The average Bonchev–Trinajstić information content (AvgIpc) is 2.83. The normalized spacial score (nSPS) is 12.2. The highest BCUT2D eigenvalue weighted by atomic mass is 35.5. The second-order valence-electron chi connectivity index (χ2n) is 4.44. The number of rotatable bonds is 5. The van der Waals surface area contributed by atoms with Gasteiger partial charge in [0.15, 0.2) is 11.9 Å².